The Kier molecular flexibility index (Phi) is 5.37. The molecule has 154 valence electrons. The molecule has 3 aromatic rings. The van der Waals surface area contributed by atoms with Gasteiger partial charge in [0.15, 0.2) is 11.0 Å². The predicted octanol–water partition coefficient (Wildman–Crippen LogP) is 2.79. The molecule has 0 spiro atoms. The third kappa shape index (κ3) is 4.09. The van der Waals surface area contributed by atoms with Crippen LogP contribution in [0.1, 0.15) is 32.7 Å². The quantitative estimate of drug-likeness (QED) is 0.586. The molecule has 3 heterocycles. The Labute approximate surface area is 176 Å². The average molecular weight is 413 g/mol. The molecule has 6 nitrogen and oxygen atoms in total. The predicted molar refractivity (Wildman–Crippen MR) is 116 cm³/mol. The molecule has 2 atom stereocenters. The summed E-state index contributed by atoms with van der Waals surface area (Å²) in [6, 6.07) is 8.94. The van der Waals surface area contributed by atoms with E-state index >= 15 is 0 Å². The molecule has 2 N–H and O–H groups in total. The van der Waals surface area contributed by atoms with Crippen LogP contribution in [0, 0.1) is 5.92 Å². The second kappa shape index (κ2) is 8.13. The highest BCUT2D eigenvalue weighted by molar-refractivity contribution is 7.99. The highest BCUT2D eigenvalue weighted by Crippen LogP contribution is 2.42. The first-order valence-electron chi connectivity index (χ1n) is 10.8. The standard InChI is InChI=1S/C22H29N5OS/c1-15(2)12-26-9-10-28-17(13-26)14-29-22-25-24-21(27(22)16-7-8-16)19-11-23-20-6-4-3-5-18(19)20/h3-6,11,15-17,23H,7-10,12-14H2,1-2H3/p+1/t17-/m0/s1. The van der Waals surface area contributed by atoms with Crippen molar-refractivity contribution in [1.82, 2.24) is 19.7 Å². The first-order valence-corrected chi connectivity index (χ1v) is 11.8. The molecule has 1 aliphatic carbocycles. The van der Waals surface area contributed by atoms with E-state index in [1.807, 2.05) is 11.8 Å². The number of hydrogen-bond donors (Lipinski definition) is 2. The molecule has 29 heavy (non-hydrogen) atoms. The molecule has 2 aromatic heterocycles. The lowest BCUT2D eigenvalue weighted by Crippen LogP contribution is -3.15. The van der Waals surface area contributed by atoms with Gasteiger partial charge in [-0.1, -0.05) is 43.8 Å². The van der Waals surface area contributed by atoms with E-state index in [9.17, 15) is 0 Å². The number of hydrogen-bond acceptors (Lipinski definition) is 4. The van der Waals surface area contributed by atoms with Crippen LogP contribution in [0.5, 0.6) is 0 Å². The van der Waals surface area contributed by atoms with Gasteiger partial charge in [0, 0.05) is 40.4 Å². The molecule has 2 fully saturated rings. The monoisotopic (exact) mass is 412 g/mol. The van der Waals surface area contributed by atoms with Gasteiger partial charge >= 0.3 is 0 Å². The van der Waals surface area contributed by atoms with Gasteiger partial charge in [-0.3, -0.25) is 4.57 Å². The van der Waals surface area contributed by atoms with Gasteiger partial charge in [-0.25, -0.2) is 0 Å². The Morgan fingerprint density at radius 2 is 2.14 bits per heavy atom. The van der Waals surface area contributed by atoms with Crippen LogP contribution >= 0.6 is 11.8 Å². The zero-order valence-electron chi connectivity index (χ0n) is 17.2. The van der Waals surface area contributed by atoms with Crippen LogP contribution in [0.15, 0.2) is 35.6 Å². The van der Waals surface area contributed by atoms with Crippen LogP contribution in [0.3, 0.4) is 0 Å². The maximum atomic E-state index is 6.06. The SMILES string of the molecule is CC(C)C[NH+]1CCO[C@H](CSc2nnc(-c3c[nH]c4ccccc34)n2C2CC2)C1. The third-order valence-corrected chi connectivity index (χ3v) is 6.90. The van der Waals surface area contributed by atoms with E-state index in [1.54, 1.807) is 4.90 Å². The van der Waals surface area contributed by atoms with Gasteiger partial charge in [0.25, 0.3) is 0 Å². The number of para-hydroxylation sites is 1. The van der Waals surface area contributed by atoms with Gasteiger partial charge in [0.2, 0.25) is 0 Å². The van der Waals surface area contributed by atoms with Gasteiger partial charge in [-0.15, -0.1) is 10.2 Å². The first-order chi connectivity index (χ1) is 14.2. The fourth-order valence-corrected chi connectivity index (χ4v) is 5.39. The summed E-state index contributed by atoms with van der Waals surface area (Å²) in [4.78, 5) is 5.04. The first kappa shape index (κ1) is 19.2. The minimum Gasteiger partial charge on any atom is -0.366 e. The number of thioether (sulfide) groups is 1. The summed E-state index contributed by atoms with van der Waals surface area (Å²) in [7, 11) is 0. The highest BCUT2D eigenvalue weighted by Gasteiger charge is 2.32. The summed E-state index contributed by atoms with van der Waals surface area (Å²) in [6.45, 7) is 8.92. The van der Waals surface area contributed by atoms with Crippen LogP contribution < -0.4 is 4.90 Å². The molecule has 1 unspecified atom stereocenters. The number of fused-ring (bicyclic) bond motifs is 1. The molecule has 1 saturated heterocycles. The maximum absolute atomic E-state index is 6.06. The second-order valence-electron chi connectivity index (χ2n) is 8.76. The number of benzene rings is 1. The van der Waals surface area contributed by atoms with Gasteiger partial charge in [0.1, 0.15) is 19.2 Å². The number of H-pyrrole nitrogens is 1. The van der Waals surface area contributed by atoms with Crippen molar-refractivity contribution < 1.29 is 9.64 Å². The van der Waals surface area contributed by atoms with Crippen molar-refractivity contribution in [2.75, 3.05) is 32.0 Å². The summed E-state index contributed by atoms with van der Waals surface area (Å²) in [5, 5.41) is 11.5. The Morgan fingerprint density at radius 3 is 2.97 bits per heavy atom. The van der Waals surface area contributed by atoms with E-state index in [-0.39, 0.29) is 0 Å². The smallest absolute Gasteiger partial charge is 0.191 e. The van der Waals surface area contributed by atoms with Crippen molar-refractivity contribution in [2.24, 2.45) is 5.92 Å². The summed E-state index contributed by atoms with van der Waals surface area (Å²) in [5.41, 5.74) is 2.29. The van der Waals surface area contributed by atoms with Crippen LogP contribution in [-0.4, -0.2) is 57.8 Å². The minimum absolute atomic E-state index is 0.295. The van der Waals surface area contributed by atoms with Crippen molar-refractivity contribution in [3.8, 4) is 11.4 Å². The number of quaternary nitrogens is 1. The van der Waals surface area contributed by atoms with E-state index in [4.69, 9.17) is 4.74 Å². The number of nitrogens with zero attached hydrogens (tertiary/aromatic N) is 3. The highest BCUT2D eigenvalue weighted by atomic mass is 32.2. The molecular formula is C22H30N5OS+. The number of morpholine rings is 1. The van der Waals surface area contributed by atoms with Crippen LogP contribution in [0.4, 0.5) is 0 Å². The maximum Gasteiger partial charge on any atom is 0.191 e. The summed E-state index contributed by atoms with van der Waals surface area (Å²) >= 11 is 1.81. The van der Waals surface area contributed by atoms with E-state index in [0.717, 1.165) is 53.4 Å². The van der Waals surface area contributed by atoms with E-state index in [2.05, 4.69) is 64.1 Å². The third-order valence-electron chi connectivity index (χ3n) is 5.83. The van der Waals surface area contributed by atoms with Gasteiger partial charge < -0.3 is 14.6 Å². The van der Waals surface area contributed by atoms with Crippen LogP contribution in [0.25, 0.3) is 22.3 Å². The Bertz CT molecular complexity index is 977. The van der Waals surface area contributed by atoms with Gasteiger partial charge in [-0.2, -0.15) is 0 Å². The number of rotatable bonds is 7. The lowest BCUT2D eigenvalue weighted by Gasteiger charge is -2.30. The largest absolute Gasteiger partial charge is 0.366 e. The zero-order chi connectivity index (χ0) is 19.8. The Morgan fingerprint density at radius 1 is 1.28 bits per heavy atom. The summed E-state index contributed by atoms with van der Waals surface area (Å²) in [5.74, 6) is 2.66. The Hall–Kier alpha value is -1.83. The molecule has 1 aliphatic heterocycles. The normalized spacial score (nSPS) is 22.6. The molecular weight excluding hydrogens is 382 g/mol. The average Bonchev–Trinajstić information content (AvgIpc) is 3.32. The molecule has 0 amide bonds. The zero-order valence-corrected chi connectivity index (χ0v) is 18.0. The number of aromatic amines is 1. The molecule has 0 radical (unpaired) electrons. The fourth-order valence-electron chi connectivity index (χ4n) is 4.37. The summed E-state index contributed by atoms with van der Waals surface area (Å²) in [6.07, 6.45) is 4.79. The molecule has 0 bridgehead atoms. The van der Waals surface area contributed by atoms with E-state index in [1.165, 1.54) is 24.8 Å². The van der Waals surface area contributed by atoms with Crippen molar-refractivity contribution in [3.63, 3.8) is 0 Å². The lowest BCUT2D eigenvalue weighted by molar-refractivity contribution is -0.914. The molecule has 1 aromatic carbocycles. The fraction of sp³-hybridized carbons (Fsp3) is 0.545. The molecule has 5 rings (SSSR count). The van der Waals surface area contributed by atoms with E-state index in [0.29, 0.717) is 12.1 Å². The van der Waals surface area contributed by atoms with Crippen LogP contribution in [-0.2, 0) is 4.74 Å². The number of ether oxygens (including phenoxy) is 1. The number of aromatic nitrogens is 4. The molecule has 7 heteroatoms. The minimum atomic E-state index is 0.295. The van der Waals surface area contributed by atoms with Crippen molar-refractivity contribution in [2.45, 2.75) is 44.0 Å². The number of nitrogens with one attached hydrogen (secondary N) is 2. The summed E-state index contributed by atoms with van der Waals surface area (Å²) < 4.78 is 8.42. The lowest BCUT2D eigenvalue weighted by atomic mass is 10.1. The van der Waals surface area contributed by atoms with Crippen molar-refractivity contribution >= 4 is 22.7 Å². The van der Waals surface area contributed by atoms with Gasteiger partial charge in [0.05, 0.1) is 13.2 Å². The topological polar surface area (TPSA) is 60.2 Å². The second-order valence-corrected chi connectivity index (χ2v) is 9.75. The van der Waals surface area contributed by atoms with Crippen molar-refractivity contribution in [3.05, 3.63) is 30.5 Å². The molecule has 2 aliphatic rings. The van der Waals surface area contributed by atoms with E-state index < -0.39 is 0 Å². The van der Waals surface area contributed by atoms with Crippen LogP contribution in [0.2, 0.25) is 0 Å². The molecule has 1 saturated carbocycles. The van der Waals surface area contributed by atoms with Crippen molar-refractivity contribution in [1.29, 1.82) is 0 Å². The Balaban J connectivity index is 1.34. The van der Waals surface area contributed by atoms with Gasteiger partial charge in [-0.05, 0) is 18.9 Å².